The van der Waals surface area contributed by atoms with Crippen molar-refractivity contribution in [2.45, 2.75) is 32.6 Å². The summed E-state index contributed by atoms with van der Waals surface area (Å²) in [6.07, 6.45) is 4.53. The summed E-state index contributed by atoms with van der Waals surface area (Å²) in [4.78, 5) is 14.2. The SMILES string of the molecule is CCOc1ccccc1N(CCC(=O)N1CCCCC1)S(C)(=O)=O. The number of para-hydroxylation sites is 2. The largest absolute Gasteiger partial charge is 0.492 e. The van der Waals surface area contributed by atoms with Gasteiger partial charge < -0.3 is 9.64 Å². The predicted molar refractivity (Wildman–Crippen MR) is 94.8 cm³/mol. The summed E-state index contributed by atoms with van der Waals surface area (Å²) in [5, 5.41) is 0. The maximum Gasteiger partial charge on any atom is 0.232 e. The minimum absolute atomic E-state index is 0.0113. The summed E-state index contributed by atoms with van der Waals surface area (Å²) in [7, 11) is -3.50. The van der Waals surface area contributed by atoms with E-state index in [0.29, 0.717) is 18.0 Å². The number of hydrogen-bond donors (Lipinski definition) is 0. The van der Waals surface area contributed by atoms with Crippen LogP contribution in [0.5, 0.6) is 5.75 Å². The van der Waals surface area contributed by atoms with Gasteiger partial charge in [0.25, 0.3) is 0 Å². The zero-order valence-electron chi connectivity index (χ0n) is 14.4. The van der Waals surface area contributed by atoms with Crippen LogP contribution in [-0.4, -0.2) is 51.7 Å². The van der Waals surface area contributed by atoms with Gasteiger partial charge in [-0.2, -0.15) is 0 Å². The first-order valence-electron chi connectivity index (χ1n) is 8.40. The lowest BCUT2D eigenvalue weighted by Gasteiger charge is -2.29. The summed E-state index contributed by atoms with van der Waals surface area (Å²) >= 11 is 0. The maximum atomic E-state index is 12.3. The molecule has 1 aromatic carbocycles. The lowest BCUT2D eigenvalue weighted by molar-refractivity contribution is -0.131. The Labute approximate surface area is 144 Å². The number of carbonyl (C=O) groups is 1. The molecule has 1 heterocycles. The van der Waals surface area contributed by atoms with E-state index in [1.165, 1.54) is 4.31 Å². The Balaban J connectivity index is 2.14. The van der Waals surface area contributed by atoms with E-state index in [0.717, 1.165) is 38.6 Å². The summed E-state index contributed by atoms with van der Waals surface area (Å²) in [5.74, 6) is 0.521. The van der Waals surface area contributed by atoms with Crippen LogP contribution < -0.4 is 9.04 Å². The third-order valence-corrected chi connectivity index (χ3v) is 5.25. The highest BCUT2D eigenvalue weighted by Crippen LogP contribution is 2.30. The molecule has 1 saturated heterocycles. The summed E-state index contributed by atoms with van der Waals surface area (Å²) in [5.41, 5.74) is 0.480. The fourth-order valence-corrected chi connectivity index (χ4v) is 3.84. The molecule has 0 aromatic heterocycles. The maximum absolute atomic E-state index is 12.3. The van der Waals surface area contributed by atoms with Crippen molar-refractivity contribution < 1.29 is 17.9 Å². The number of anilines is 1. The molecular formula is C17H26N2O4S. The van der Waals surface area contributed by atoms with Crippen molar-refractivity contribution in [1.29, 1.82) is 0 Å². The van der Waals surface area contributed by atoms with Gasteiger partial charge in [-0.05, 0) is 38.3 Å². The predicted octanol–water partition coefficient (Wildman–Crippen LogP) is 2.25. The van der Waals surface area contributed by atoms with Gasteiger partial charge in [-0.15, -0.1) is 0 Å². The second kappa shape index (κ2) is 8.37. The van der Waals surface area contributed by atoms with Gasteiger partial charge in [0.2, 0.25) is 15.9 Å². The molecule has 0 bridgehead atoms. The Morgan fingerprint density at radius 2 is 1.88 bits per heavy atom. The molecule has 0 atom stereocenters. The first kappa shape index (κ1) is 18.6. The van der Waals surface area contributed by atoms with E-state index in [2.05, 4.69) is 0 Å². The summed E-state index contributed by atoms with van der Waals surface area (Å²) in [6, 6.07) is 7.01. The van der Waals surface area contributed by atoms with Crippen molar-refractivity contribution in [1.82, 2.24) is 4.90 Å². The third-order valence-electron chi connectivity index (χ3n) is 4.07. The number of amides is 1. The molecule has 134 valence electrons. The molecule has 0 radical (unpaired) electrons. The van der Waals surface area contributed by atoms with E-state index in [4.69, 9.17) is 4.74 Å². The zero-order valence-corrected chi connectivity index (χ0v) is 15.2. The third kappa shape index (κ3) is 4.87. The average Bonchev–Trinajstić information content (AvgIpc) is 2.56. The number of rotatable bonds is 7. The van der Waals surface area contributed by atoms with Crippen LogP contribution in [0.2, 0.25) is 0 Å². The Kier molecular flexibility index (Phi) is 6.48. The number of carbonyl (C=O) groups excluding carboxylic acids is 1. The Morgan fingerprint density at radius 3 is 2.50 bits per heavy atom. The Bertz CT molecular complexity index is 654. The van der Waals surface area contributed by atoms with Gasteiger partial charge >= 0.3 is 0 Å². The van der Waals surface area contributed by atoms with Crippen LogP contribution in [-0.2, 0) is 14.8 Å². The van der Waals surface area contributed by atoms with E-state index in [9.17, 15) is 13.2 Å². The molecule has 7 heteroatoms. The fourth-order valence-electron chi connectivity index (χ4n) is 2.90. The molecule has 0 spiro atoms. The quantitative estimate of drug-likeness (QED) is 0.753. The van der Waals surface area contributed by atoms with Crippen molar-refractivity contribution in [3.8, 4) is 5.75 Å². The molecule has 1 aliphatic rings. The van der Waals surface area contributed by atoms with Crippen LogP contribution in [0.3, 0.4) is 0 Å². The van der Waals surface area contributed by atoms with Crippen molar-refractivity contribution in [2.75, 3.05) is 36.8 Å². The van der Waals surface area contributed by atoms with E-state index >= 15 is 0 Å². The van der Waals surface area contributed by atoms with Gasteiger partial charge in [0, 0.05) is 26.1 Å². The molecule has 0 aliphatic carbocycles. The molecule has 1 aromatic rings. The number of nitrogens with zero attached hydrogens (tertiary/aromatic N) is 2. The van der Waals surface area contributed by atoms with Gasteiger partial charge in [0.05, 0.1) is 18.6 Å². The van der Waals surface area contributed by atoms with E-state index < -0.39 is 10.0 Å². The normalized spacial score (nSPS) is 15.2. The second-order valence-corrected chi connectivity index (χ2v) is 7.83. The van der Waals surface area contributed by atoms with Crippen LogP contribution in [0.25, 0.3) is 0 Å². The molecule has 1 fully saturated rings. The lowest BCUT2D eigenvalue weighted by Crippen LogP contribution is -2.39. The number of benzene rings is 1. The fraction of sp³-hybridized carbons (Fsp3) is 0.588. The highest BCUT2D eigenvalue weighted by Gasteiger charge is 2.24. The Morgan fingerprint density at radius 1 is 1.21 bits per heavy atom. The van der Waals surface area contributed by atoms with Crippen molar-refractivity contribution in [2.24, 2.45) is 0 Å². The average molecular weight is 354 g/mol. The van der Waals surface area contributed by atoms with Crippen molar-refractivity contribution in [3.05, 3.63) is 24.3 Å². The van der Waals surface area contributed by atoms with Crippen LogP contribution in [0.4, 0.5) is 5.69 Å². The standard InChI is InChI=1S/C17H26N2O4S/c1-3-23-16-10-6-5-9-15(16)19(24(2,21)22)14-11-17(20)18-12-7-4-8-13-18/h5-6,9-10H,3-4,7-8,11-14H2,1-2H3. The van der Waals surface area contributed by atoms with Crippen molar-refractivity contribution >= 4 is 21.6 Å². The van der Waals surface area contributed by atoms with Crippen LogP contribution >= 0.6 is 0 Å². The molecule has 0 N–H and O–H groups in total. The van der Waals surface area contributed by atoms with Crippen LogP contribution in [0.15, 0.2) is 24.3 Å². The minimum Gasteiger partial charge on any atom is -0.492 e. The highest BCUT2D eigenvalue weighted by atomic mass is 32.2. The molecule has 1 aliphatic heterocycles. The van der Waals surface area contributed by atoms with Gasteiger partial charge in [0.15, 0.2) is 0 Å². The number of ether oxygens (including phenoxy) is 1. The van der Waals surface area contributed by atoms with Crippen LogP contribution in [0.1, 0.15) is 32.6 Å². The molecule has 1 amide bonds. The zero-order chi connectivity index (χ0) is 17.6. The second-order valence-electron chi connectivity index (χ2n) is 5.93. The monoisotopic (exact) mass is 354 g/mol. The first-order valence-corrected chi connectivity index (χ1v) is 10.3. The van der Waals surface area contributed by atoms with Gasteiger partial charge in [-0.3, -0.25) is 9.10 Å². The Hall–Kier alpha value is -1.76. The molecule has 6 nitrogen and oxygen atoms in total. The van der Waals surface area contributed by atoms with Gasteiger partial charge in [0.1, 0.15) is 5.75 Å². The molecule has 0 unspecified atom stereocenters. The molecular weight excluding hydrogens is 328 g/mol. The molecule has 24 heavy (non-hydrogen) atoms. The first-order chi connectivity index (χ1) is 11.4. The molecule has 2 rings (SSSR count). The number of sulfonamides is 1. The minimum atomic E-state index is -3.50. The molecule has 0 saturated carbocycles. The lowest BCUT2D eigenvalue weighted by atomic mass is 10.1. The van der Waals surface area contributed by atoms with E-state index in [-0.39, 0.29) is 18.9 Å². The van der Waals surface area contributed by atoms with Gasteiger partial charge in [-0.1, -0.05) is 12.1 Å². The van der Waals surface area contributed by atoms with E-state index in [1.54, 1.807) is 24.3 Å². The number of piperidine rings is 1. The number of likely N-dealkylation sites (tertiary alicyclic amines) is 1. The highest BCUT2D eigenvalue weighted by molar-refractivity contribution is 7.92. The van der Waals surface area contributed by atoms with Crippen molar-refractivity contribution in [3.63, 3.8) is 0 Å². The van der Waals surface area contributed by atoms with E-state index in [1.807, 2.05) is 11.8 Å². The summed E-state index contributed by atoms with van der Waals surface area (Å²) < 4.78 is 31.2. The van der Waals surface area contributed by atoms with Crippen LogP contribution in [0, 0.1) is 0 Å². The topological polar surface area (TPSA) is 66.9 Å². The number of hydrogen-bond acceptors (Lipinski definition) is 4. The summed E-state index contributed by atoms with van der Waals surface area (Å²) in [6.45, 7) is 3.96. The smallest absolute Gasteiger partial charge is 0.232 e. The van der Waals surface area contributed by atoms with Gasteiger partial charge in [-0.25, -0.2) is 8.42 Å².